The molecule has 14 nitrogen and oxygen atoms in total. The molecule has 1 aliphatic carbocycles. The van der Waals surface area contributed by atoms with E-state index in [0.717, 1.165) is 0 Å². The van der Waals surface area contributed by atoms with Crippen LogP contribution in [0.1, 0.15) is 48.0 Å². The van der Waals surface area contributed by atoms with Crippen molar-refractivity contribution in [3.05, 3.63) is 22.5 Å². The molecule has 0 aromatic heterocycles. The fourth-order valence-corrected chi connectivity index (χ4v) is 8.86. The molecule has 4 rings (SSSR count). The van der Waals surface area contributed by atoms with Crippen molar-refractivity contribution < 1.29 is 43.3 Å². The molecule has 0 radical (unpaired) electrons. The minimum Gasteiger partial charge on any atom is -0.480 e. The maximum absolute atomic E-state index is 14.1. The van der Waals surface area contributed by atoms with Crippen molar-refractivity contribution >= 4 is 56.9 Å². The number of ether oxygens (including phenoxy) is 2. The average Bonchev–Trinajstić information content (AvgIpc) is 3.60. The molecule has 3 heterocycles. The monoisotopic (exact) mass is 681 g/mol. The molecule has 3 aliphatic heterocycles. The van der Waals surface area contributed by atoms with Gasteiger partial charge in [0.15, 0.2) is 5.72 Å². The largest absolute Gasteiger partial charge is 0.480 e. The van der Waals surface area contributed by atoms with Crippen LogP contribution in [0.5, 0.6) is 0 Å². The molecular formula is C30H43N5O9S2. The third kappa shape index (κ3) is 7.09. The topological polar surface area (TPSA) is 202 Å². The second-order valence-electron chi connectivity index (χ2n) is 12.7. The predicted octanol–water partition coefficient (Wildman–Crippen LogP) is 0.339. The van der Waals surface area contributed by atoms with Gasteiger partial charge in [-0.2, -0.15) is 0 Å². The van der Waals surface area contributed by atoms with Crippen LogP contribution in [0.15, 0.2) is 22.5 Å². The van der Waals surface area contributed by atoms with Crippen LogP contribution in [0.4, 0.5) is 0 Å². The number of ketones is 2. The van der Waals surface area contributed by atoms with Gasteiger partial charge in [-0.1, -0.05) is 28.5 Å². The zero-order valence-corrected chi connectivity index (χ0v) is 28.7. The first-order chi connectivity index (χ1) is 21.6. The van der Waals surface area contributed by atoms with Gasteiger partial charge in [-0.25, -0.2) is 0 Å². The van der Waals surface area contributed by atoms with E-state index < -0.39 is 53.5 Å². The summed E-state index contributed by atoms with van der Waals surface area (Å²) in [4.78, 5) is 76.7. The summed E-state index contributed by atoms with van der Waals surface area (Å²) in [6.07, 6.45) is 0.634. The van der Waals surface area contributed by atoms with Crippen molar-refractivity contribution in [2.24, 2.45) is 11.8 Å². The zero-order chi connectivity index (χ0) is 34.1. The molecule has 0 unspecified atom stereocenters. The number of hydrogen-bond acceptors (Lipinski definition) is 13. The van der Waals surface area contributed by atoms with Gasteiger partial charge >= 0.3 is 11.9 Å². The summed E-state index contributed by atoms with van der Waals surface area (Å²) in [7, 11) is 4.63. The Morgan fingerprint density at radius 1 is 1.15 bits per heavy atom. The highest BCUT2D eigenvalue weighted by Gasteiger charge is 2.72. The molecule has 0 spiro atoms. The SMILES string of the molecule is CO[C@@]12[C@H](COC(C)=O)C3=C(C(=O)C(C)=C(NC(C)(C)CCSSC[C@H](C)C(=O)N[C@@H](C)C(=O)NCC(=O)O)C3=O)N1C[C@@H]1N[C@@H]12. The van der Waals surface area contributed by atoms with Crippen molar-refractivity contribution in [1.29, 1.82) is 0 Å². The van der Waals surface area contributed by atoms with E-state index in [1.807, 2.05) is 18.7 Å². The number of carboxylic acids is 1. The molecular weight excluding hydrogens is 638 g/mol. The number of carboxylic acid groups (broad SMARTS) is 1. The Morgan fingerprint density at radius 3 is 2.48 bits per heavy atom. The van der Waals surface area contributed by atoms with E-state index in [-0.39, 0.29) is 41.9 Å². The number of hydrogen-bond donors (Lipinski definition) is 5. The summed E-state index contributed by atoms with van der Waals surface area (Å²) in [5.41, 5.74) is -0.347. The minimum atomic E-state index is -1.17. The van der Waals surface area contributed by atoms with Gasteiger partial charge < -0.3 is 40.7 Å². The molecule has 0 aromatic rings. The molecule has 254 valence electrons. The summed E-state index contributed by atoms with van der Waals surface area (Å²) in [6.45, 7) is 10.0. The highest BCUT2D eigenvalue weighted by atomic mass is 33.1. The standard InChI is InChI=1S/C30H43N5O9S2/c1-14(27(41)32-16(3)28(42)31-10-20(37)38)13-46-45-9-8-29(5,6)34-22-15(2)24(39)23-21(25(22)40)18(12-44-17(4)36)30(43-7)26-19(33-26)11-35(23)30/h14,16,18-19,26,33-34H,8-13H2,1-7H3,(H,31,42)(H,32,41)(H,37,38)/t14-,16-,18+,19-,26-,30+/m0/s1. The fourth-order valence-electron chi connectivity index (χ4n) is 6.20. The van der Waals surface area contributed by atoms with E-state index in [9.17, 15) is 28.8 Å². The van der Waals surface area contributed by atoms with Gasteiger partial charge in [0.1, 0.15) is 19.2 Å². The number of piperazine rings is 1. The maximum Gasteiger partial charge on any atom is 0.322 e. The zero-order valence-electron chi connectivity index (χ0n) is 27.1. The Bertz CT molecular complexity index is 1380. The third-order valence-corrected chi connectivity index (χ3v) is 11.4. The molecule has 46 heavy (non-hydrogen) atoms. The Hall–Kier alpha value is -3.08. The van der Waals surface area contributed by atoms with Gasteiger partial charge in [-0.15, -0.1) is 0 Å². The van der Waals surface area contributed by atoms with Crippen LogP contribution in [-0.4, -0.2) is 113 Å². The molecule has 2 fully saturated rings. The van der Waals surface area contributed by atoms with E-state index in [1.165, 1.54) is 24.6 Å². The van der Waals surface area contributed by atoms with Crippen molar-refractivity contribution in [1.82, 2.24) is 26.2 Å². The molecule has 5 N–H and O–H groups in total. The van der Waals surface area contributed by atoms with Crippen LogP contribution < -0.4 is 21.3 Å². The van der Waals surface area contributed by atoms with E-state index in [4.69, 9.17) is 14.6 Å². The molecule has 16 heteroatoms. The number of fused-ring (bicyclic) bond motifs is 4. The van der Waals surface area contributed by atoms with Crippen molar-refractivity contribution in [2.45, 2.75) is 77.4 Å². The minimum absolute atomic E-state index is 0.0840. The highest BCUT2D eigenvalue weighted by molar-refractivity contribution is 8.76. The second kappa shape index (κ2) is 14.0. The Labute approximate surface area is 276 Å². The van der Waals surface area contributed by atoms with Crippen LogP contribution in [0, 0.1) is 11.8 Å². The van der Waals surface area contributed by atoms with E-state index in [0.29, 0.717) is 41.3 Å². The van der Waals surface area contributed by atoms with Gasteiger partial charge in [-0.3, -0.25) is 28.8 Å². The number of carbonyl (C=O) groups excluding carboxylic acids is 5. The lowest BCUT2D eigenvalue weighted by Crippen LogP contribution is -2.55. The van der Waals surface area contributed by atoms with Crippen LogP contribution in [-0.2, 0) is 38.2 Å². The average molecular weight is 682 g/mol. The second-order valence-corrected chi connectivity index (χ2v) is 15.3. The number of nitrogens with one attached hydrogen (secondary N) is 4. The maximum atomic E-state index is 14.1. The van der Waals surface area contributed by atoms with Gasteiger partial charge in [0.05, 0.1) is 23.4 Å². The molecule has 2 amide bonds. The van der Waals surface area contributed by atoms with Crippen LogP contribution in [0.2, 0.25) is 0 Å². The number of carbonyl (C=O) groups is 6. The van der Waals surface area contributed by atoms with Gasteiger partial charge in [0, 0.05) is 60.7 Å². The summed E-state index contributed by atoms with van der Waals surface area (Å²) in [5, 5.41) is 20.2. The van der Waals surface area contributed by atoms with E-state index in [1.54, 1.807) is 31.8 Å². The van der Waals surface area contributed by atoms with Crippen molar-refractivity contribution in [3.8, 4) is 0 Å². The van der Waals surface area contributed by atoms with Gasteiger partial charge in [-0.05, 0) is 34.1 Å². The number of aliphatic carboxylic acids is 1. The lowest BCUT2D eigenvalue weighted by Gasteiger charge is -2.39. The van der Waals surface area contributed by atoms with Gasteiger partial charge in [0.2, 0.25) is 23.4 Å². The number of esters is 1. The number of nitrogens with zero attached hydrogens (tertiary/aromatic N) is 1. The Balaban J connectivity index is 1.32. The number of rotatable bonds is 16. The number of amides is 2. The quantitative estimate of drug-likeness (QED) is 0.0491. The summed E-state index contributed by atoms with van der Waals surface area (Å²) in [6, 6.07) is -0.821. The van der Waals surface area contributed by atoms with Crippen molar-refractivity contribution in [3.63, 3.8) is 0 Å². The number of Topliss-reactive ketones (excluding diaryl/α,β-unsaturated/α-hetero) is 2. The van der Waals surface area contributed by atoms with Crippen molar-refractivity contribution in [2.75, 3.05) is 38.3 Å². The van der Waals surface area contributed by atoms with E-state index >= 15 is 0 Å². The Kier molecular flexibility index (Phi) is 10.9. The summed E-state index contributed by atoms with van der Waals surface area (Å²) >= 11 is 0. The van der Waals surface area contributed by atoms with E-state index in [2.05, 4.69) is 21.3 Å². The Morgan fingerprint density at radius 2 is 1.85 bits per heavy atom. The molecule has 2 saturated heterocycles. The molecule has 0 saturated carbocycles. The lowest BCUT2D eigenvalue weighted by atomic mass is 9.82. The number of methoxy groups -OCH3 is 1. The van der Waals surface area contributed by atoms with Crippen LogP contribution in [0.25, 0.3) is 0 Å². The molecule has 4 aliphatic rings. The highest BCUT2D eigenvalue weighted by Crippen LogP contribution is 2.55. The third-order valence-electron chi connectivity index (χ3n) is 8.78. The van der Waals surface area contributed by atoms with Gasteiger partial charge in [0.25, 0.3) is 0 Å². The first-order valence-electron chi connectivity index (χ1n) is 15.1. The van der Waals surface area contributed by atoms with Crippen LogP contribution >= 0.6 is 21.6 Å². The predicted molar refractivity (Wildman–Crippen MR) is 171 cm³/mol. The normalized spacial score (nSPS) is 26.2. The molecule has 0 bridgehead atoms. The summed E-state index contributed by atoms with van der Waals surface area (Å²) < 4.78 is 11.5. The molecule has 0 aromatic carbocycles. The first-order valence-corrected chi connectivity index (χ1v) is 17.6. The smallest absolute Gasteiger partial charge is 0.322 e. The first kappa shape index (κ1) is 35.8. The van der Waals surface area contributed by atoms with Crippen LogP contribution in [0.3, 0.4) is 0 Å². The molecule has 6 atom stereocenters. The fraction of sp³-hybridized carbons (Fsp3) is 0.667. The number of allylic oxidation sites excluding steroid dienone is 2. The lowest BCUT2D eigenvalue weighted by molar-refractivity contribution is -0.156. The summed E-state index contributed by atoms with van der Waals surface area (Å²) in [5.74, 6) is -2.94.